The molecular weight excluding hydrogens is 256 g/mol. The molecule has 0 radical (unpaired) electrons. The third-order valence-electron chi connectivity index (χ3n) is 5.60. The molecule has 3 aliphatic rings. The summed E-state index contributed by atoms with van der Waals surface area (Å²) in [4.78, 5) is 2.87. The maximum absolute atomic E-state index is 3.71. The molecule has 0 bridgehead atoms. The molecule has 1 aromatic rings. The van der Waals surface area contributed by atoms with Crippen LogP contribution in [0.25, 0.3) is 0 Å². The van der Waals surface area contributed by atoms with Crippen LogP contribution in [0, 0.1) is 0 Å². The van der Waals surface area contributed by atoms with Gasteiger partial charge in [-0.15, -0.1) is 0 Å². The first-order valence-corrected chi connectivity index (χ1v) is 8.99. The standard InChI is InChI=1S/C19H28N2/c1-3-9-18-15(6-1)7-2-4-10-19(18)21(17-11-12-17)14-16-8-5-13-20-16/h1,3,6,9,16-17,19-20H,2,4-5,7-8,10-14H2. The van der Waals surface area contributed by atoms with Crippen LogP contribution in [0.2, 0.25) is 0 Å². The van der Waals surface area contributed by atoms with Gasteiger partial charge in [-0.3, -0.25) is 4.90 Å². The Kier molecular flexibility index (Phi) is 4.00. The van der Waals surface area contributed by atoms with Gasteiger partial charge in [0.1, 0.15) is 0 Å². The molecule has 1 aromatic carbocycles. The van der Waals surface area contributed by atoms with Gasteiger partial charge in [0.25, 0.3) is 0 Å². The van der Waals surface area contributed by atoms with Gasteiger partial charge in [-0.25, -0.2) is 0 Å². The van der Waals surface area contributed by atoms with Crippen molar-refractivity contribution >= 4 is 0 Å². The first-order chi connectivity index (χ1) is 10.4. The molecule has 0 aromatic heterocycles. The maximum atomic E-state index is 3.71. The second-order valence-electron chi connectivity index (χ2n) is 7.18. The summed E-state index contributed by atoms with van der Waals surface area (Å²) in [5.74, 6) is 0. The average molecular weight is 284 g/mol. The van der Waals surface area contributed by atoms with E-state index in [1.54, 1.807) is 11.1 Å². The molecular formula is C19H28N2. The van der Waals surface area contributed by atoms with Crippen LogP contribution in [0.4, 0.5) is 0 Å². The zero-order valence-electron chi connectivity index (χ0n) is 13.1. The number of aryl methyl sites for hydroxylation is 1. The molecule has 21 heavy (non-hydrogen) atoms. The molecule has 2 atom stereocenters. The van der Waals surface area contributed by atoms with Gasteiger partial charge in [0.15, 0.2) is 0 Å². The minimum Gasteiger partial charge on any atom is -0.313 e. The maximum Gasteiger partial charge on any atom is 0.0354 e. The third-order valence-corrected chi connectivity index (χ3v) is 5.60. The van der Waals surface area contributed by atoms with Crippen molar-refractivity contribution in [3.8, 4) is 0 Å². The Balaban J connectivity index is 1.59. The molecule has 2 aliphatic carbocycles. The quantitative estimate of drug-likeness (QED) is 0.849. The van der Waals surface area contributed by atoms with Gasteiger partial charge in [0, 0.05) is 24.7 Å². The fraction of sp³-hybridized carbons (Fsp3) is 0.684. The Morgan fingerprint density at radius 1 is 1.00 bits per heavy atom. The summed E-state index contributed by atoms with van der Waals surface area (Å²) in [7, 11) is 0. The van der Waals surface area contributed by atoms with E-state index >= 15 is 0 Å². The summed E-state index contributed by atoms with van der Waals surface area (Å²) < 4.78 is 0. The van der Waals surface area contributed by atoms with Crippen molar-refractivity contribution in [1.82, 2.24) is 10.2 Å². The molecule has 2 unspecified atom stereocenters. The fourth-order valence-electron chi connectivity index (χ4n) is 4.34. The summed E-state index contributed by atoms with van der Waals surface area (Å²) in [5.41, 5.74) is 3.25. The molecule has 4 rings (SSSR count). The Hall–Kier alpha value is -0.860. The third kappa shape index (κ3) is 3.02. The predicted octanol–water partition coefficient (Wildman–Crippen LogP) is 3.67. The molecule has 1 heterocycles. The van der Waals surface area contributed by atoms with Gasteiger partial charge in [-0.05, 0) is 62.6 Å². The minimum absolute atomic E-state index is 0.679. The molecule has 0 amide bonds. The van der Waals surface area contributed by atoms with Crippen molar-refractivity contribution in [2.24, 2.45) is 0 Å². The predicted molar refractivity (Wildman–Crippen MR) is 87.5 cm³/mol. The molecule has 1 saturated carbocycles. The van der Waals surface area contributed by atoms with Gasteiger partial charge < -0.3 is 5.32 Å². The van der Waals surface area contributed by atoms with Crippen LogP contribution >= 0.6 is 0 Å². The molecule has 1 N–H and O–H groups in total. The second-order valence-corrected chi connectivity index (χ2v) is 7.18. The highest BCUT2D eigenvalue weighted by Crippen LogP contribution is 2.40. The SMILES string of the molecule is c1ccc2c(c1)CCCCC2N(CC1CCCN1)C1CC1. The lowest BCUT2D eigenvalue weighted by Gasteiger charge is -2.34. The number of nitrogens with one attached hydrogen (secondary N) is 1. The topological polar surface area (TPSA) is 15.3 Å². The number of fused-ring (bicyclic) bond motifs is 1. The van der Waals surface area contributed by atoms with Crippen molar-refractivity contribution in [2.45, 2.75) is 69.5 Å². The molecule has 1 saturated heterocycles. The first-order valence-electron chi connectivity index (χ1n) is 8.99. The van der Waals surface area contributed by atoms with Gasteiger partial charge in [0.2, 0.25) is 0 Å². The highest BCUT2D eigenvalue weighted by Gasteiger charge is 2.37. The summed E-state index contributed by atoms with van der Waals surface area (Å²) in [5, 5.41) is 3.71. The summed E-state index contributed by atoms with van der Waals surface area (Å²) >= 11 is 0. The molecule has 1 aliphatic heterocycles. The van der Waals surface area contributed by atoms with Crippen molar-refractivity contribution in [3.05, 3.63) is 35.4 Å². The smallest absolute Gasteiger partial charge is 0.0354 e. The monoisotopic (exact) mass is 284 g/mol. The van der Waals surface area contributed by atoms with Crippen LogP contribution in [-0.2, 0) is 6.42 Å². The van der Waals surface area contributed by atoms with E-state index in [1.165, 1.54) is 64.5 Å². The highest BCUT2D eigenvalue weighted by molar-refractivity contribution is 5.31. The molecule has 2 nitrogen and oxygen atoms in total. The summed E-state index contributed by atoms with van der Waals surface area (Å²) in [6.45, 7) is 2.49. The van der Waals surface area contributed by atoms with Crippen LogP contribution in [0.5, 0.6) is 0 Å². The Morgan fingerprint density at radius 3 is 2.71 bits per heavy atom. The van der Waals surface area contributed by atoms with Crippen LogP contribution < -0.4 is 5.32 Å². The van der Waals surface area contributed by atoms with Gasteiger partial charge in [-0.2, -0.15) is 0 Å². The Morgan fingerprint density at radius 2 is 1.90 bits per heavy atom. The number of rotatable bonds is 4. The lowest BCUT2D eigenvalue weighted by Crippen LogP contribution is -2.41. The van der Waals surface area contributed by atoms with Crippen molar-refractivity contribution in [3.63, 3.8) is 0 Å². The minimum atomic E-state index is 0.679. The van der Waals surface area contributed by atoms with Gasteiger partial charge >= 0.3 is 0 Å². The molecule has 0 spiro atoms. The molecule has 2 fully saturated rings. The average Bonchev–Trinajstić information content (AvgIpc) is 3.27. The van der Waals surface area contributed by atoms with E-state index < -0.39 is 0 Å². The van der Waals surface area contributed by atoms with E-state index in [0.29, 0.717) is 6.04 Å². The van der Waals surface area contributed by atoms with Gasteiger partial charge in [-0.1, -0.05) is 30.7 Å². The van der Waals surface area contributed by atoms with E-state index in [2.05, 4.69) is 34.5 Å². The van der Waals surface area contributed by atoms with Crippen LogP contribution in [0.3, 0.4) is 0 Å². The zero-order chi connectivity index (χ0) is 14.1. The van der Waals surface area contributed by atoms with Crippen LogP contribution in [0.1, 0.15) is 62.1 Å². The number of benzene rings is 1. The zero-order valence-corrected chi connectivity index (χ0v) is 13.1. The van der Waals surface area contributed by atoms with Crippen molar-refractivity contribution < 1.29 is 0 Å². The normalized spacial score (nSPS) is 29.4. The largest absolute Gasteiger partial charge is 0.313 e. The van der Waals surface area contributed by atoms with E-state index in [-0.39, 0.29) is 0 Å². The van der Waals surface area contributed by atoms with E-state index in [9.17, 15) is 0 Å². The van der Waals surface area contributed by atoms with E-state index in [4.69, 9.17) is 0 Å². The Bertz CT molecular complexity index is 474. The first kappa shape index (κ1) is 13.8. The van der Waals surface area contributed by atoms with E-state index in [1.807, 2.05) is 0 Å². The second kappa shape index (κ2) is 6.10. The number of hydrogen-bond donors (Lipinski definition) is 1. The Labute approximate surface area is 128 Å². The lowest BCUT2D eigenvalue weighted by molar-refractivity contribution is 0.161. The number of hydrogen-bond acceptors (Lipinski definition) is 2. The fourth-order valence-corrected chi connectivity index (χ4v) is 4.34. The number of nitrogens with zero attached hydrogens (tertiary/aromatic N) is 1. The lowest BCUT2D eigenvalue weighted by atomic mass is 9.97. The molecule has 2 heteroatoms. The highest BCUT2D eigenvalue weighted by atomic mass is 15.2. The van der Waals surface area contributed by atoms with Crippen molar-refractivity contribution in [2.75, 3.05) is 13.1 Å². The van der Waals surface area contributed by atoms with Crippen molar-refractivity contribution in [1.29, 1.82) is 0 Å². The van der Waals surface area contributed by atoms with Gasteiger partial charge in [0.05, 0.1) is 0 Å². The van der Waals surface area contributed by atoms with Crippen LogP contribution in [0.15, 0.2) is 24.3 Å². The molecule has 114 valence electrons. The summed E-state index contributed by atoms with van der Waals surface area (Å²) in [6, 6.07) is 11.5. The van der Waals surface area contributed by atoms with E-state index in [0.717, 1.165) is 12.1 Å². The summed E-state index contributed by atoms with van der Waals surface area (Å²) in [6.07, 6.45) is 11.0. The van der Waals surface area contributed by atoms with Crippen LogP contribution in [-0.4, -0.2) is 30.1 Å².